The van der Waals surface area contributed by atoms with Gasteiger partial charge in [0.1, 0.15) is 5.82 Å². The summed E-state index contributed by atoms with van der Waals surface area (Å²) < 4.78 is 0. The first kappa shape index (κ1) is 12.2. The predicted molar refractivity (Wildman–Crippen MR) is 71.8 cm³/mol. The number of Topliss-reactive ketones (excluding diaryl/α,β-unsaturated/α-hetero) is 1. The molecule has 0 fully saturated rings. The third kappa shape index (κ3) is 2.53. The summed E-state index contributed by atoms with van der Waals surface area (Å²) in [5, 5.41) is 0. The van der Waals surface area contributed by atoms with Crippen LogP contribution in [0.15, 0.2) is 36.7 Å². The van der Waals surface area contributed by atoms with E-state index in [1.165, 1.54) is 6.92 Å². The highest BCUT2D eigenvalue weighted by Crippen LogP contribution is 2.18. The van der Waals surface area contributed by atoms with Gasteiger partial charge in [0, 0.05) is 37.6 Å². The van der Waals surface area contributed by atoms with Crippen molar-refractivity contribution in [3.05, 3.63) is 42.2 Å². The maximum atomic E-state index is 11.2. The maximum Gasteiger partial charge on any atom is 0.161 e. The van der Waals surface area contributed by atoms with Gasteiger partial charge in [0.2, 0.25) is 0 Å². The molecule has 0 radical (unpaired) electrons. The molecule has 0 spiro atoms. The fourth-order valence-corrected chi connectivity index (χ4v) is 1.57. The largest absolute Gasteiger partial charge is 0.363 e. The number of carbonyl (C=O) groups excluding carboxylic acids is 1. The third-order valence-electron chi connectivity index (χ3n) is 2.67. The van der Waals surface area contributed by atoms with E-state index in [0.717, 1.165) is 17.1 Å². The number of hydrogen-bond acceptors (Lipinski definition) is 4. The van der Waals surface area contributed by atoms with Crippen molar-refractivity contribution in [3.63, 3.8) is 0 Å². The lowest BCUT2D eigenvalue weighted by Crippen LogP contribution is -2.10. The molecule has 2 heterocycles. The minimum Gasteiger partial charge on any atom is -0.363 e. The van der Waals surface area contributed by atoms with Crippen molar-refractivity contribution in [1.29, 1.82) is 0 Å². The molecule has 0 unspecified atom stereocenters. The van der Waals surface area contributed by atoms with Crippen LogP contribution in [0.25, 0.3) is 11.3 Å². The van der Waals surface area contributed by atoms with Crippen LogP contribution >= 0.6 is 0 Å². The van der Waals surface area contributed by atoms with Gasteiger partial charge in [-0.3, -0.25) is 9.78 Å². The van der Waals surface area contributed by atoms with E-state index in [0.29, 0.717) is 5.56 Å². The zero-order chi connectivity index (χ0) is 13.1. The molecule has 2 rings (SSSR count). The Hall–Kier alpha value is -2.23. The summed E-state index contributed by atoms with van der Waals surface area (Å²) in [6.45, 7) is 1.53. The molecule has 0 N–H and O–H groups in total. The summed E-state index contributed by atoms with van der Waals surface area (Å²) >= 11 is 0. The van der Waals surface area contributed by atoms with Crippen LogP contribution in [0.4, 0.5) is 5.82 Å². The predicted octanol–water partition coefficient (Wildman–Crippen LogP) is 2.41. The van der Waals surface area contributed by atoms with Crippen LogP contribution in [0, 0.1) is 0 Å². The zero-order valence-electron chi connectivity index (χ0n) is 10.7. The lowest BCUT2D eigenvalue weighted by atomic mass is 10.1. The van der Waals surface area contributed by atoms with Gasteiger partial charge in [-0.2, -0.15) is 0 Å². The molecule has 0 aliphatic rings. The Bertz CT molecular complexity index is 544. The standard InChI is InChI=1S/C14H15N3O/c1-10(18)11-4-6-13(15-8-11)12-5-7-14(16-9-12)17(2)3/h4-9H,1-3H3. The quantitative estimate of drug-likeness (QED) is 0.774. The molecule has 0 aliphatic heterocycles. The van der Waals surface area contributed by atoms with E-state index in [4.69, 9.17) is 0 Å². The molecule has 4 heteroatoms. The number of hydrogen-bond donors (Lipinski definition) is 0. The number of nitrogens with zero attached hydrogens (tertiary/aromatic N) is 3. The van der Waals surface area contributed by atoms with E-state index < -0.39 is 0 Å². The second-order valence-corrected chi connectivity index (χ2v) is 4.29. The van der Waals surface area contributed by atoms with Crippen LogP contribution in [0.3, 0.4) is 0 Å². The summed E-state index contributed by atoms with van der Waals surface area (Å²) in [6, 6.07) is 7.53. The van der Waals surface area contributed by atoms with E-state index in [-0.39, 0.29) is 5.78 Å². The van der Waals surface area contributed by atoms with Crippen LogP contribution < -0.4 is 4.90 Å². The van der Waals surface area contributed by atoms with E-state index in [1.54, 1.807) is 18.5 Å². The van der Waals surface area contributed by atoms with Crippen molar-refractivity contribution in [2.45, 2.75) is 6.92 Å². The van der Waals surface area contributed by atoms with Gasteiger partial charge in [0.05, 0.1) is 5.69 Å². The van der Waals surface area contributed by atoms with Crippen molar-refractivity contribution in [2.24, 2.45) is 0 Å². The van der Waals surface area contributed by atoms with Gasteiger partial charge in [-0.15, -0.1) is 0 Å². The molecule has 0 saturated heterocycles. The van der Waals surface area contributed by atoms with Gasteiger partial charge in [0.15, 0.2) is 5.78 Å². The first-order valence-electron chi connectivity index (χ1n) is 5.68. The highest BCUT2D eigenvalue weighted by Gasteiger charge is 2.03. The molecule has 0 amide bonds. The number of anilines is 1. The summed E-state index contributed by atoms with van der Waals surface area (Å²) in [5.74, 6) is 0.925. The summed E-state index contributed by atoms with van der Waals surface area (Å²) in [4.78, 5) is 21.7. The molecule has 0 bridgehead atoms. The highest BCUT2D eigenvalue weighted by molar-refractivity contribution is 5.93. The number of pyridine rings is 2. The van der Waals surface area contributed by atoms with Gasteiger partial charge in [0.25, 0.3) is 0 Å². The Morgan fingerprint density at radius 3 is 2.28 bits per heavy atom. The maximum absolute atomic E-state index is 11.2. The number of rotatable bonds is 3. The zero-order valence-corrected chi connectivity index (χ0v) is 10.7. The van der Waals surface area contributed by atoms with Crippen LogP contribution in [0.1, 0.15) is 17.3 Å². The Morgan fingerprint density at radius 2 is 1.83 bits per heavy atom. The Labute approximate surface area is 106 Å². The van der Waals surface area contributed by atoms with Crippen LogP contribution in [0.2, 0.25) is 0 Å². The molecule has 4 nitrogen and oxygen atoms in total. The van der Waals surface area contributed by atoms with Crippen LogP contribution in [0.5, 0.6) is 0 Å². The average Bonchev–Trinajstić information content (AvgIpc) is 2.39. The SMILES string of the molecule is CC(=O)c1ccc(-c2ccc(N(C)C)nc2)nc1. The monoisotopic (exact) mass is 241 g/mol. The van der Waals surface area contributed by atoms with Gasteiger partial charge in [-0.25, -0.2) is 4.98 Å². The van der Waals surface area contributed by atoms with E-state index in [9.17, 15) is 4.79 Å². The van der Waals surface area contributed by atoms with E-state index >= 15 is 0 Å². The Balaban J connectivity index is 2.28. The molecule has 2 aromatic rings. The average molecular weight is 241 g/mol. The first-order valence-corrected chi connectivity index (χ1v) is 5.68. The minimum absolute atomic E-state index is 0.0233. The molecule has 0 atom stereocenters. The second-order valence-electron chi connectivity index (χ2n) is 4.29. The number of ketones is 1. The second kappa shape index (κ2) is 4.96. The van der Waals surface area contributed by atoms with Crippen LogP contribution in [-0.4, -0.2) is 29.8 Å². The Morgan fingerprint density at radius 1 is 1.06 bits per heavy atom. The fourth-order valence-electron chi connectivity index (χ4n) is 1.57. The Kier molecular flexibility index (Phi) is 3.37. The van der Waals surface area contributed by atoms with Crippen molar-refractivity contribution < 1.29 is 4.79 Å². The van der Waals surface area contributed by atoms with Crippen LogP contribution in [-0.2, 0) is 0 Å². The normalized spacial score (nSPS) is 10.2. The van der Waals surface area contributed by atoms with Gasteiger partial charge < -0.3 is 4.90 Å². The third-order valence-corrected chi connectivity index (χ3v) is 2.67. The molecule has 92 valence electrons. The summed E-state index contributed by atoms with van der Waals surface area (Å²) in [6.07, 6.45) is 3.38. The number of aromatic nitrogens is 2. The molecule has 2 aromatic heterocycles. The number of carbonyl (C=O) groups is 1. The van der Waals surface area contributed by atoms with E-state index in [2.05, 4.69) is 9.97 Å². The molecule has 0 aromatic carbocycles. The fraction of sp³-hybridized carbons (Fsp3) is 0.214. The molecular formula is C14H15N3O. The topological polar surface area (TPSA) is 46.1 Å². The first-order chi connectivity index (χ1) is 8.58. The van der Waals surface area contributed by atoms with Gasteiger partial charge >= 0.3 is 0 Å². The molecule has 18 heavy (non-hydrogen) atoms. The lowest BCUT2D eigenvalue weighted by molar-refractivity contribution is 0.101. The van der Waals surface area contributed by atoms with Crippen molar-refractivity contribution in [2.75, 3.05) is 19.0 Å². The molecular weight excluding hydrogens is 226 g/mol. The molecule has 0 aliphatic carbocycles. The van der Waals surface area contributed by atoms with Gasteiger partial charge in [-0.05, 0) is 31.2 Å². The smallest absolute Gasteiger partial charge is 0.161 e. The highest BCUT2D eigenvalue weighted by atomic mass is 16.1. The summed E-state index contributed by atoms with van der Waals surface area (Å²) in [5.41, 5.74) is 2.38. The van der Waals surface area contributed by atoms with E-state index in [1.807, 2.05) is 37.2 Å². The minimum atomic E-state index is 0.0233. The van der Waals surface area contributed by atoms with Crippen molar-refractivity contribution in [3.8, 4) is 11.3 Å². The van der Waals surface area contributed by atoms with Gasteiger partial charge in [-0.1, -0.05) is 0 Å². The lowest BCUT2D eigenvalue weighted by Gasteiger charge is -2.11. The van der Waals surface area contributed by atoms with Crippen molar-refractivity contribution in [1.82, 2.24) is 9.97 Å². The summed E-state index contributed by atoms with van der Waals surface area (Å²) in [7, 11) is 3.89. The van der Waals surface area contributed by atoms with Crippen molar-refractivity contribution >= 4 is 11.6 Å². The molecule has 0 saturated carbocycles.